The van der Waals surface area contributed by atoms with Crippen molar-refractivity contribution >= 4 is 47.4 Å². The molecular weight excluding hydrogens is 546 g/mol. The summed E-state index contributed by atoms with van der Waals surface area (Å²) >= 11 is 0. The second-order valence-corrected chi connectivity index (χ2v) is 15.2. The van der Waals surface area contributed by atoms with Crippen molar-refractivity contribution in [3.05, 3.63) is 42.5 Å². The van der Waals surface area contributed by atoms with Crippen LogP contribution in [0.3, 0.4) is 0 Å². The molecule has 1 amide bonds. The van der Waals surface area contributed by atoms with Crippen LogP contribution in [0.4, 0.5) is 16.2 Å². The summed E-state index contributed by atoms with van der Waals surface area (Å²) in [5, 5.41) is 2.54. The molecule has 0 radical (unpaired) electrons. The first-order valence-corrected chi connectivity index (χ1v) is 16.2. The molecule has 0 aliphatic carbocycles. The summed E-state index contributed by atoms with van der Waals surface area (Å²) in [5.74, 6) is 0.115. The molecule has 2 aromatic rings. The van der Waals surface area contributed by atoms with Gasteiger partial charge < -0.3 is 9.47 Å². The van der Waals surface area contributed by atoms with Gasteiger partial charge in [0.25, 0.3) is 10.0 Å². The van der Waals surface area contributed by atoms with Crippen LogP contribution in [0, 0.1) is 0 Å². The third-order valence-electron chi connectivity index (χ3n) is 4.93. The Morgan fingerprint density at radius 2 is 1.68 bits per heavy atom. The number of anilines is 2. The number of rotatable bonds is 7. The summed E-state index contributed by atoms with van der Waals surface area (Å²) in [6, 6.07) is 9.18. The Labute approximate surface area is 217 Å². The Morgan fingerprint density at radius 1 is 1.03 bits per heavy atom. The molecule has 0 aromatic heterocycles. The van der Waals surface area contributed by atoms with E-state index in [0.717, 1.165) is 22.9 Å². The lowest BCUT2D eigenvalue weighted by atomic mass is 10.2. The van der Waals surface area contributed by atoms with Gasteiger partial charge in [-0.3, -0.25) is 9.62 Å². The van der Waals surface area contributed by atoms with E-state index >= 15 is 0 Å². The number of ether oxygens (including phenoxy) is 2. The van der Waals surface area contributed by atoms with Crippen molar-refractivity contribution in [2.45, 2.75) is 42.3 Å². The maximum atomic E-state index is 13.7. The molecule has 15 heteroatoms. The van der Waals surface area contributed by atoms with Gasteiger partial charge in [-0.25, -0.2) is 34.8 Å². The molecule has 0 bridgehead atoms. The highest BCUT2D eigenvalue weighted by Crippen LogP contribution is 2.39. The zero-order valence-electron chi connectivity index (χ0n) is 20.9. The number of benzene rings is 2. The number of sulfone groups is 1. The second-order valence-electron chi connectivity index (χ2n) is 9.45. The molecule has 204 valence electrons. The van der Waals surface area contributed by atoms with Crippen LogP contribution in [-0.2, 0) is 34.6 Å². The van der Waals surface area contributed by atoms with E-state index in [2.05, 4.69) is 10.0 Å². The quantitative estimate of drug-likeness (QED) is 0.502. The molecular formula is C22H29N3O9S3. The first-order chi connectivity index (χ1) is 16.8. The maximum Gasteiger partial charge on any atom is 0.412 e. The predicted molar refractivity (Wildman–Crippen MR) is 138 cm³/mol. The number of hydrogen-bond donors (Lipinski definition) is 2. The lowest BCUT2D eigenvalue weighted by molar-refractivity contribution is 0.0636. The summed E-state index contributed by atoms with van der Waals surface area (Å²) < 4.78 is 89.0. The second kappa shape index (κ2) is 10.1. The number of carbonyl (C=O) groups is 1. The van der Waals surface area contributed by atoms with Gasteiger partial charge in [0.05, 0.1) is 28.3 Å². The Balaban J connectivity index is 2.05. The number of carbonyl (C=O) groups excluding carboxylic acids is 1. The van der Waals surface area contributed by atoms with Crippen LogP contribution in [0.15, 0.2) is 52.3 Å². The van der Waals surface area contributed by atoms with Gasteiger partial charge in [-0.1, -0.05) is 6.07 Å². The Kier molecular flexibility index (Phi) is 7.84. The van der Waals surface area contributed by atoms with Crippen LogP contribution in [-0.4, -0.2) is 68.7 Å². The van der Waals surface area contributed by atoms with Gasteiger partial charge in [0.2, 0.25) is 10.0 Å². The minimum atomic E-state index is -4.35. The highest BCUT2D eigenvalue weighted by atomic mass is 32.2. The largest absolute Gasteiger partial charge is 0.485 e. The monoisotopic (exact) mass is 575 g/mol. The van der Waals surface area contributed by atoms with Gasteiger partial charge in [-0.2, -0.15) is 0 Å². The maximum absolute atomic E-state index is 13.7. The van der Waals surface area contributed by atoms with E-state index < -0.39 is 47.7 Å². The number of amides is 1. The van der Waals surface area contributed by atoms with Crippen molar-refractivity contribution in [1.82, 2.24) is 4.72 Å². The van der Waals surface area contributed by atoms with Crippen molar-refractivity contribution in [1.29, 1.82) is 0 Å². The van der Waals surface area contributed by atoms with Gasteiger partial charge in [-0.15, -0.1) is 0 Å². The zero-order valence-corrected chi connectivity index (χ0v) is 23.3. The smallest absolute Gasteiger partial charge is 0.412 e. The lowest BCUT2D eigenvalue weighted by Crippen LogP contribution is -2.48. The Morgan fingerprint density at radius 3 is 2.27 bits per heavy atom. The molecule has 12 nitrogen and oxygen atoms in total. The first kappa shape index (κ1) is 28.7. The summed E-state index contributed by atoms with van der Waals surface area (Å²) in [4.78, 5) is 11.8. The van der Waals surface area contributed by atoms with E-state index in [1.807, 2.05) is 0 Å². The molecule has 0 fully saturated rings. The van der Waals surface area contributed by atoms with Crippen molar-refractivity contribution < 1.29 is 39.5 Å². The summed E-state index contributed by atoms with van der Waals surface area (Å²) in [6.07, 6.45) is 0.267. The average Bonchev–Trinajstić information content (AvgIpc) is 2.75. The molecule has 1 aliphatic rings. The van der Waals surface area contributed by atoms with Crippen LogP contribution < -0.4 is 19.1 Å². The van der Waals surface area contributed by atoms with Crippen LogP contribution in [0.2, 0.25) is 0 Å². The number of nitrogens with zero attached hydrogens (tertiary/aromatic N) is 1. The van der Waals surface area contributed by atoms with Gasteiger partial charge >= 0.3 is 6.09 Å². The number of fused-ring (bicyclic) bond motifs is 1. The van der Waals surface area contributed by atoms with E-state index in [0.29, 0.717) is 0 Å². The van der Waals surface area contributed by atoms with Gasteiger partial charge in [-0.05, 0) is 57.2 Å². The normalized spacial score (nSPS) is 16.5. The summed E-state index contributed by atoms with van der Waals surface area (Å²) in [6.45, 7) is 4.56. The fourth-order valence-corrected chi connectivity index (χ4v) is 6.16. The number of sulfonamides is 2. The van der Waals surface area contributed by atoms with E-state index in [9.17, 15) is 30.0 Å². The number of nitrogens with one attached hydrogen (secondary N) is 2. The molecule has 2 N–H and O–H groups in total. The van der Waals surface area contributed by atoms with Crippen molar-refractivity contribution in [3.63, 3.8) is 0 Å². The minimum Gasteiger partial charge on any atom is -0.485 e. The molecule has 1 atom stereocenters. The molecule has 1 heterocycles. The van der Waals surface area contributed by atoms with Crippen LogP contribution >= 0.6 is 0 Å². The molecule has 3 rings (SSSR count). The molecule has 0 saturated heterocycles. The van der Waals surface area contributed by atoms with Crippen LogP contribution in [0.5, 0.6) is 5.75 Å². The third kappa shape index (κ3) is 7.56. The number of hydrogen-bond acceptors (Lipinski definition) is 9. The predicted octanol–water partition coefficient (Wildman–Crippen LogP) is 1.94. The zero-order chi connectivity index (χ0) is 27.8. The molecule has 0 spiro atoms. The highest BCUT2D eigenvalue weighted by molar-refractivity contribution is 7.93. The SMILES string of the molecule is CC(C)(C)OC(=O)Nc1ccc2c(c1)N(S(=O)(=O)c1cccc(S(C)(=O)=O)c1)CC(CNS(C)(=O)=O)O2. The van der Waals surface area contributed by atoms with E-state index in [1.165, 1.54) is 36.4 Å². The molecule has 37 heavy (non-hydrogen) atoms. The van der Waals surface area contributed by atoms with Crippen molar-refractivity contribution in [2.24, 2.45) is 0 Å². The van der Waals surface area contributed by atoms with Crippen molar-refractivity contribution in [2.75, 3.05) is 35.2 Å². The van der Waals surface area contributed by atoms with E-state index in [4.69, 9.17) is 9.47 Å². The van der Waals surface area contributed by atoms with Gasteiger partial charge in [0.1, 0.15) is 17.5 Å². The van der Waals surface area contributed by atoms with Crippen LogP contribution in [0.1, 0.15) is 20.8 Å². The van der Waals surface area contributed by atoms with E-state index in [-0.39, 0.29) is 40.0 Å². The Hall–Kier alpha value is -2.88. The lowest BCUT2D eigenvalue weighted by Gasteiger charge is -2.35. The van der Waals surface area contributed by atoms with Crippen LogP contribution in [0.25, 0.3) is 0 Å². The average molecular weight is 576 g/mol. The topological polar surface area (TPSA) is 165 Å². The standard InChI is InChI=1S/C22H29N3O9S3/c1-22(2,3)34-21(26)24-15-9-10-20-19(11-15)25(14-16(33-20)13-23-36(5,29)30)37(31,32)18-8-6-7-17(12-18)35(4,27)28/h6-12,16,23H,13-14H2,1-5H3,(H,24,26). The first-order valence-electron chi connectivity index (χ1n) is 10.9. The Bertz CT molecular complexity index is 1510. The van der Waals surface area contributed by atoms with E-state index in [1.54, 1.807) is 20.8 Å². The third-order valence-corrected chi connectivity index (χ3v) is 8.51. The summed E-state index contributed by atoms with van der Waals surface area (Å²) in [7, 11) is -11.6. The van der Waals surface area contributed by atoms with Gasteiger partial charge in [0, 0.05) is 18.5 Å². The highest BCUT2D eigenvalue weighted by Gasteiger charge is 2.35. The van der Waals surface area contributed by atoms with Crippen molar-refractivity contribution in [3.8, 4) is 5.75 Å². The molecule has 1 unspecified atom stereocenters. The van der Waals surface area contributed by atoms with Gasteiger partial charge in [0.15, 0.2) is 9.84 Å². The molecule has 2 aromatic carbocycles. The fourth-order valence-electron chi connectivity index (χ4n) is 3.38. The fraction of sp³-hybridized carbons (Fsp3) is 0.409. The molecule has 1 aliphatic heterocycles. The minimum absolute atomic E-state index is 0.0638. The summed E-state index contributed by atoms with van der Waals surface area (Å²) in [5.41, 5.74) is -0.482. The molecule has 0 saturated carbocycles.